The van der Waals surface area contributed by atoms with Gasteiger partial charge in [0.15, 0.2) is 0 Å². The lowest BCUT2D eigenvalue weighted by Gasteiger charge is -2.18. The topological polar surface area (TPSA) is 24.9 Å². The van der Waals surface area contributed by atoms with Gasteiger partial charge in [-0.2, -0.15) is 0 Å². The second-order valence-corrected chi connectivity index (χ2v) is 6.62. The molecule has 0 saturated heterocycles. The van der Waals surface area contributed by atoms with Gasteiger partial charge in [-0.1, -0.05) is 36.4 Å². The highest BCUT2D eigenvalue weighted by atomic mass is 79.9. The number of nitrogens with one attached hydrogen (secondary N) is 1. The number of aromatic nitrogens is 1. The van der Waals surface area contributed by atoms with Crippen molar-refractivity contribution in [1.29, 1.82) is 0 Å². The second-order valence-electron chi connectivity index (χ2n) is 4.71. The van der Waals surface area contributed by atoms with Crippen LogP contribution < -0.4 is 5.32 Å². The van der Waals surface area contributed by atoms with Gasteiger partial charge in [0.25, 0.3) is 0 Å². The summed E-state index contributed by atoms with van der Waals surface area (Å²) in [4.78, 5) is 5.81. The lowest BCUT2D eigenvalue weighted by Crippen LogP contribution is -2.22. The van der Waals surface area contributed by atoms with Gasteiger partial charge in [-0.3, -0.25) is 4.98 Å². The van der Waals surface area contributed by atoms with Crippen LogP contribution in [0.1, 0.15) is 22.2 Å². The van der Waals surface area contributed by atoms with Crippen LogP contribution >= 0.6 is 27.3 Å². The van der Waals surface area contributed by atoms with Crippen molar-refractivity contribution >= 4 is 27.3 Å². The Morgan fingerprint density at radius 1 is 1.10 bits per heavy atom. The molecule has 0 saturated carbocycles. The molecule has 0 spiro atoms. The third-order valence-electron chi connectivity index (χ3n) is 3.22. The number of rotatable bonds is 5. The fraction of sp³-hybridized carbons (Fsp3) is 0.118. The van der Waals surface area contributed by atoms with E-state index in [0.29, 0.717) is 0 Å². The van der Waals surface area contributed by atoms with Crippen LogP contribution in [0.3, 0.4) is 0 Å². The van der Waals surface area contributed by atoms with Gasteiger partial charge in [0.2, 0.25) is 0 Å². The number of pyridine rings is 1. The van der Waals surface area contributed by atoms with E-state index in [-0.39, 0.29) is 6.04 Å². The van der Waals surface area contributed by atoms with Gasteiger partial charge < -0.3 is 5.32 Å². The first kappa shape index (κ1) is 14.4. The Morgan fingerprint density at radius 2 is 1.90 bits per heavy atom. The summed E-state index contributed by atoms with van der Waals surface area (Å²) in [5, 5.41) is 5.72. The van der Waals surface area contributed by atoms with E-state index in [4.69, 9.17) is 0 Å². The van der Waals surface area contributed by atoms with Crippen molar-refractivity contribution in [3.8, 4) is 0 Å². The molecule has 1 N–H and O–H groups in total. The molecule has 1 atom stereocenters. The molecule has 0 aliphatic heterocycles. The van der Waals surface area contributed by atoms with Gasteiger partial charge in [0.05, 0.1) is 11.7 Å². The molecule has 0 amide bonds. The fourth-order valence-electron chi connectivity index (χ4n) is 2.23. The monoisotopic (exact) mass is 358 g/mol. The molecule has 2 aromatic heterocycles. The van der Waals surface area contributed by atoms with Gasteiger partial charge in [-0.15, -0.1) is 11.3 Å². The van der Waals surface area contributed by atoms with E-state index in [1.807, 2.05) is 24.4 Å². The van der Waals surface area contributed by atoms with Crippen LogP contribution in [0.2, 0.25) is 0 Å². The molecule has 0 fully saturated rings. The van der Waals surface area contributed by atoms with Crippen molar-refractivity contribution in [2.24, 2.45) is 0 Å². The molecule has 1 aromatic carbocycles. The molecule has 21 heavy (non-hydrogen) atoms. The Bertz CT molecular complexity index is 643. The van der Waals surface area contributed by atoms with Crippen molar-refractivity contribution in [3.05, 3.63) is 86.8 Å². The zero-order valence-electron chi connectivity index (χ0n) is 11.4. The number of halogens is 1. The lowest BCUT2D eigenvalue weighted by molar-refractivity contribution is 0.596. The molecule has 2 heterocycles. The zero-order chi connectivity index (χ0) is 14.5. The molecule has 0 aliphatic rings. The summed E-state index contributed by atoms with van der Waals surface area (Å²) >= 11 is 5.25. The first-order valence-corrected chi connectivity index (χ1v) is 8.42. The maximum atomic E-state index is 4.50. The average Bonchev–Trinajstić information content (AvgIpc) is 2.95. The Morgan fingerprint density at radius 3 is 2.57 bits per heavy atom. The lowest BCUT2D eigenvalue weighted by atomic mass is 10.0. The van der Waals surface area contributed by atoms with E-state index in [1.165, 1.54) is 10.4 Å². The number of hydrogen-bond donors (Lipinski definition) is 1. The maximum Gasteiger partial charge on any atom is 0.0754 e. The molecule has 3 rings (SSSR count). The van der Waals surface area contributed by atoms with Crippen LogP contribution in [0.15, 0.2) is 70.6 Å². The summed E-state index contributed by atoms with van der Waals surface area (Å²) in [6.45, 7) is 0.826. The largest absolute Gasteiger partial charge is 0.300 e. The summed E-state index contributed by atoms with van der Waals surface area (Å²) in [6.07, 6.45) is 1.84. The van der Waals surface area contributed by atoms with Gasteiger partial charge >= 0.3 is 0 Å². The molecule has 2 nitrogen and oxygen atoms in total. The van der Waals surface area contributed by atoms with Crippen molar-refractivity contribution in [1.82, 2.24) is 10.3 Å². The smallest absolute Gasteiger partial charge is 0.0754 e. The van der Waals surface area contributed by atoms with E-state index in [0.717, 1.165) is 16.7 Å². The van der Waals surface area contributed by atoms with Crippen LogP contribution in [0.5, 0.6) is 0 Å². The first-order chi connectivity index (χ1) is 10.3. The van der Waals surface area contributed by atoms with Crippen molar-refractivity contribution in [2.75, 3.05) is 0 Å². The molecule has 0 radical (unpaired) electrons. The molecular formula is C17H15BrN2S. The summed E-state index contributed by atoms with van der Waals surface area (Å²) in [5.74, 6) is 0. The van der Waals surface area contributed by atoms with Gasteiger partial charge in [0, 0.05) is 27.5 Å². The second kappa shape index (κ2) is 6.98. The van der Waals surface area contributed by atoms with Crippen LogP contribution in [0, 0.1) is 0 Å². The minimum Gasteiger partial charge on any atom is -0.300 e. The molecule has 0 bridgehead atoms. The van der Waals surface area contributed by atoms with E-state index >= 15 is 0 Å². The Hall–Kier alpha value is -1.49. The molecule has 0 aliphatic carbocycles. The number of thiophene rings is 1. The van der Waals surface area contributed by atoms with Gasteiger partial charge in [-0.05, 0) is 39.7 Å². The molecule has 3 aromatic rings. The van der Waals surface area contributed by atoms with Crippen LogP contribution in [-0.2, 0) is 6.54 Å². The molecular weight excluding hydrogens is 344 g/mol. The first-order valence-electron chi connectivity index (χ1n) is 6.75. The normalized spacial score (nSPS) is 12.2. The average molecular weight is 359 g/mol. The van der Waals surface area contributed by atoms with E-state index < -0.39 is 0 Å². The zero-order valence-corrected chi connectivity index (χ0v) is 13.8. The summed E-state index contributed by atoms with van der Waals surface area (Å²) in [6, 6.07) is 18.7. The van der Waals surface area contributed by atoms with Gasteiger partial charge in [0.1, 0.15) is 0 Å². The molecule has 106 valence electrons. The van der Waals surface area contributed by atoms with Crippen LogP contribution in [-0.4, -0.2) is 4.98 Å². The highest BCUT2D eigenvalue weighted by Crippen LogP contribution is 2.23. The maximum absolute atomic E-state index is 4.50. The summed E-state index contributed by atoms with van der Waals surface area (Å²) in [5.41, 5.74) is 2.27. The quantitative estimate of drug-likeness (QED) is 0.709. The Labute approximate surface area is 137 Å². The predicted molar refractivity (Wildman–Crippen MR) is 91.4 cm³/mol. The van der Waals surface area contributed by atoms with Gasteiger partial charge in [-0.25, -0.2) is 0 Å². The SMILES string of the molecule is Brc1csc(CNC(c2ccccc2)c2ccccn2)c1. The number of nitrogens with zero attached hydrogens (tertiary/aromatic N) is 1. The van der Waals surface area contributed by atoms with Crippen LogP contribution in [0.4, 0.5) is 0 Å². The molecule has 4 heteroatoms. The summed E-state index contributed by atoms with van der Waals surface area (Å²) in [7, 11) is 0. The minimum atomic E-state index is 0.105. The highest BCUT2D eigenvalue weighted by Gasteiger charge is 2.14. The fourth-order valence-corrected chi connectivity index (χ4v) is 3.64. The van der Waals surface area contributed by atoms with Crippen LogP contribution in [0.25, 0.3) is 0 Å². The summed E-state index contributed by atoms with van der Waals surface area (Å²) < 4.78 is 1.14. The third-order valence-corrected chi connectivity index (χ3v) is 4.92. The van der Waals surface area contributed by atoms with E-state index in [1.54, 1.807) is 11.3 Å². The Kier molecular flexibility index (Phi) is 4.80. The standard InChI is InChI=1S/C17H15BrN2S/c18-14-10-15(21-12-14)11-20-17(13-6-2-1-3-7-13)16-8-4-5-9-19-16/h1-10,12,17,20H,11H2. The van der Waals surface area contributed by atoms with Crippen molar-refractivity contribution in [2.45, 2.75) is 12.6 Å². The molecule has 1 unspecified atom stereocenters. The number of hydrogen-bond acceptors (Lipinski definition) is 3. The van der Waals surface area contributed by atoms with E-state index in [2.05, 4.69) is 68.0 Å². The third kappa shape index (κ3) is 3.79. The van der Waals surface area contributed by atoms with Crippen molar-refractivity contribution < 1.29 is 0 Å². The predicted octanol–water partition coefficient (Wildman–Crippen LogP) is 4.78. The highest BCUT2D eigenvalue weighted by molar-refractivity contribution is 9.10. The Balaban J connectivity index is 1.83. The van der Waals surface area contributed by atoms with Crippen molar-refractivity contribution in [3.63, 3.8) is 0 Å². The minimum absolute atomic E-state index is 0.105. The van der Waals surface area contributed by atoms with E-state index in [9.17, 15) is 0 Å². The number of benzene rings is 1.